The smallest absolute Gasteiger partial charge is 0.469 e. The summed E-state index contributed by atoms with van der Waals surface area (Å²) in [5, 5.41) is 19.3. The highest BCUT2D eigenvalue weighted by Gasteiger charge is 2.27. The number of rotatable bonds is 38. The van der Waals surface area contributed by atoms with Gasteiger partial charge < -0.3 is 35.2 Å². The van der Waals surface area contributed by atoms with Gasteiger partial charge in [-0.3, -0.25) is 18.9 Å². The Morgan fingerprint density at radius 2 is 1.22 bits per heavy atom. The van der Waals surface area contributed by atoms with E-state index in [1.165, 1.54) is 50.3 Å². The van der Waals surface area contributed by atoms with Crippen LogP contribution in [0.2, 0.25) is 0 Å². The Morgan fingerprint density at radius 1 is 0.683 bits per heavy atom. The average molecular weight is 880 g/mol. The van der Waals surface area contributed by atoms with Gasteiger partial charge >= 0.3 is 25.7 Å². The molecule has 0 amide bonds. The minimum Gasteiger partial charge on any atom is -0.481 e. The van der Waals surface area contributed by atoms with Crippen molar-refractivity contribution in [1.82, 2.24) is 0 Å². The lowest BCUT2D eigenvalue weighted by Gasteiger charge is -2.23. The summed E-state index contributed by atoms with van der Waals surface area (Å²) in [6.07, 6.45) is 44.7. The molecule has 0 aliphatic carbocycles. The maximum atomic E-state index is 12.9. The third-order valence-electron chi connectivity index (χ3n) is 8.57. The van der Waals surface area contributed by atoms with Gasteiger partial charge in [-0.2, -0.15) is 0 Å². The molecular weight excluding hydrogens is 806 g/mol. The first kappa shape index (κ1) is 56.7. The zero-order chi connectivity index (χ0) is 44.5. The van der Waals surface area contributed by atoms with Crippen molar-refractivity contribution >= 4 is 37.5 Å². The molecule has 0 heterocycles. The highest BCUT2D eigenvalue weighted by atomic mass is 32.2. The van der Waals surface area contributed by atoms with Crippen molar-refractivity contribution in [2.45, 2.75) is 153 Å². The normalized spacial score (nSPS) is 14.9. The molecule has 0 aliphatic rings. The monoisotopic (exact) mass is 879 g/mol. The SMILES string of the molecule is CCCCC/C=C\C\C=C/C=C/C=C/[C@@H](SC[C@H](N)C(=O)O[C@H](COC(=O)CCC/C=C\C/C=C\C/C=C\C/C=C\CCCCC)COP(=O)(O)O)[C@@H](O)CCCC(=O)O. The summed E-state index contributed by atoms with van der Waals surface area (Å²) >= 11 is 1.17. The van der Waals surface area contributed by atoms with Crippen molar-refractivity contribution < 1.29 is 52.9 Å². The van der Waals surface area contributed by atoms with Crippen LogP contribution in [0.1, 0.15) is 129 Å². The van der Waals surface area contributed by atoms with Crippen molar-refractivity contribution in [3.05, 3.63) is 97.2 Å². The Kier molecular flexibility index (Phi) is 37.6. The van der Waals surface area contributed by atoms with Gasteiger partial charge in [-0.1, -0.05) is 137 Å². The van der Waals surface area contributed by atoms with Crippen LogP contribution in [0.5, 0.6) is 0 Å². The van der Waals surface area contributed by atoms with Gasteiger partial charge in [0.1, 0.15) is 12.6 Å². The summed E-state index contributed by atoms with van der Waals surface area (Å²) in [5.41, 5.74) is 6.11. The van der Waals surface area contributed by atoms with E-state index >= 15 is 0 Å². The number of phosphoric acid groups is 1. The number of thioether (sulfide) groups is 1. The zero-order valence-corrected chi connectivity index (χ0v) is 37.7. The molecular formula is C46H74NO11PS. The van der Waals surface area contributed by atoms with E-state index in [0.29, 0.717) is 12.8 Å². The van der Waals surface area contributed by atoms with E-state index in [1.54, 1.807) is 18.2 Å². The zero-order valence-electron chi connectivity index (χ0n) is 36.0. The molecule has 0 aromatic carbocycles. The van der Waals surface area contributed by atoms with Crippen LogP contribution in [0.3, 0.4) is 0 Å². The van der Waals surface area contributed by atoms with Gasteiger partial charge in [0.25, 0.3) is 0 Å². The Morgan fingerprint density at radius 3 is 1.77 bits per heavy atom. The number of hydrogen-bond acceptors (Lipinski definition) is 10. The molecule has 0 aromatic heterocycles. The average Bonchev–Trinajstić information content (AvgIpc) is 3.20. The number of allylic oxidation sites excluding steroid dienone is 15. The van der Waals surface area contributed by atoms with Gasteiger partial charge in [0, 0.05) is 23.8 Å². The Bertz CT molecular complexity index is 1420. The lowest BCUT2D eigenvalue weighted by molar-refractivity contribution is -0.161. The third kappa shape index (κ3) is 38.9. The van der Waals surface area contributed by atoms with Crippen molar-refractivity contribution in [3.63, 3.8) is 0 Å². The van der Waals surface area contributed by atoms with E-state index in [9.17, 15) is 33.8 Å². The van der Waals surface area contributed by atoms with E-state index in [4.69, 9.17) is 20.3 Å². The minimum absolute atomic E-state index is 0.0125. The van der Waals surface area contributed by atoms with Gasteiger partial charge in [0.05, 0.1) is 12.7 Å². The fraction of sp³-hybridized carbons (Fsp3) is 0.587. The third-order valence-corrected chi connectivity index (χ3v) is 10.5. The number of carboxylic acids is 1. The number of nitrogens with two attached hydrogens (primary N) is 1. The van der Waals surface area contributed by atoms with E-state index in [1.807, 2.05) is 30.4 Å². The van der Waals surface area contributed by atoms with Gasteiger partial charge in [0.2, 0.25) is 0 Å². The molecule has 14 heteroatoms. The maximum Gasteiger partial charge on any atom is 0.469 e. The van der Waals surface area contributed by atoms with Crippen LogP contribution in [0.15, 0.2) is 97.2 Å². The first-order valence-corrected chi connectivity index (χ1v) is 24.1. The number of aliphatic hydroxyl groups is 1. The summed E-state index contributed by atoms with van der Waals surface area (Å²) in [6.45, 7) is 3.14. The van der Waals surface area contributed by atoms with E-state index in [-0.39, 0.29) is 31.4 Å². The predicted octanol–water partition coefficient (Wildman–Crippen LogP) is 9.94. The van der Waals surface area contributed by atoms with E-state index in [2.05, 4.69) is 67.0 Å². The van der Waals surface area contributed by atoms with Crippen LogP contribution in [0.25, 0.3) is 0 Å². The second-order valence-electron chi connectivity index (χ2n) is 14.2. The highest BCUT2D eigenvalue weighted by Crippen LogP contribution is 2.36. The van der Waals surface area contributed by atoms with Crippen molar-refractivity contribution in [3.8, 4) is 0 Å². The number of aliphatic hydroxyl groups excluding tert-OH is 1. The number of hydrogen-bond donors (Lipinski definition) is 5. The van der Waals surface area contributed by atoms with E-state index < -0.39 is 62.4 Å². The van der Waals surface area contributed by atoms with Crippen LogP contribution in [-0.2, 0) is 32.9 Å². The summed E-state index contributed by atoms with van der Waals surface area (Å²) < 4.78 is 26.5. The number of unbranched alkanes of at least 4 members (excludes halogenated alkanes) is 7. The highest BCUT2D eigenvalue weighted by molar-refractivity contribution is 8.00. The van der Waals surface area contributed by atoms with Gasteiger partial charge in [-0.05, 0) is 77.0 Å². The van der Waals surface area contributed by atoms with Crippen molar-refractivity contribution in [2.75, 3.05) is 19.0 Å². The molecule has 0 aromatic rings. The molecule has 4 atom stereocenters. The number of esters is 2. The van der Waals surface area contributed by atoms with E-state index in [0.717, 1.165) is 38.5 Å². The quantitative estimate of drug-likeness (QED) is 0.0129. The standard InChI is InChI=1S/C46H74NO11PS/c1-3-5-7-9-11-13-15-17-18-19-20-21-23-25-27-29-31-36-45(51)56-37-40(38-57-59(53,54)55)58-46(52)41(47)39-60-43(42(48)33-32-35-44(49)50)34-30-28-26-24-22-16-14-12-10-8-6-4-2/h11-14,17-18,20-22,24-28,30,34,40-43,48H,3-10,15-16,19,23,29,31-33,35-39,47H2,1-2H3,(H,49,50)(H2,53,54,55)/b13-11-,14-12-,18-17-,21-20-,24-22-,27-25-,28-26+,34-30+/t40-,41+,42+,43-/m1/s1. The largest absolute Gasteiger partial charge is 0.481 e. The lowest BCUT2D eigenvalue weighted by Crippen LogP contribution is -2.40. The van der Waals surface area contributed by atoms with Crippen LogP contribution in [-0.4, -0.2) is 80.4 Å². The number of carboxylic acid groups (broad SMARTS) is 1. The summed E-state index contributed by atoms with van der Waals surface area (Å²) in [6, 6.07) is -1.22. The first-order chi connectivity index (χ1) is 28.9. The Hall–Kier alpha value is -3.29. The fourth-order valence-corrected chi connectivity index (χ4v) is 6.69. The Labute approximate surface area is 364 Å². The molecule has 0 spiro atoms. The van der Waals surface area contributed by atoms with Crippen LogP contribution >= 0.6 is 19.6 Å². The number of aliphatic carboxylic acids is 1. The molecule has 0 rings (SSSR count). The molecule has 0 saturated heterocycles. The molecule has 60 heavy (non-hydrogen) atoms. The molecule has 0 saturated carbocycles. The molecule has 0 fully saturated rings. The van der Waals surface area contributed by atoms with Crippen LogP contribution in [0, 0.1) is 0 Å². The second kappa shape index (κ2) is 39.8. The topological polar surface area (TPSA) is 203 Å². The fourth-order valence-electron chi connectivity index (χ4n) is 5.20. The van der Waals surface area contributed by atoms with Gasteiger partial charge in [-0.25, -0.2) is 4.57 Å². The molecule has 6 N–H and O–H groups in total. The molecule has 0 aliphatic heterocycles. The van der Waals surface area contributed by atoms with Crippen LogP contribution in [0.4, 0.5) is 0 Å². The minimum atomic E-state index is -4.93. The summed E-state index contributed by atoms with van der Waals surface area (Å²) in [5.74, 6) is -2.48. The predicted molar refractivity (Wildman–Crippen MR) is 244 cm³/mol. The number of phosphoric ester groups is 1. The second-order valence-corrected chi connectivity index (χ2v) is 16.6. The van der Waals surface area contributed by atoms with Gasteiger partial charge in [0.15, 0.2) is 6.10 Å². The molecule has 0 radical (unpaired) electrons. The molecule has 12 nitrogen and oxygen atoms in total. The molecule has 0 bridgehead atoms. The first-order valence-electron chi connectivity index (χ1n) is 21.5. The number of ether oxygens (including phenoxy) is 2. The van der Waals surface area contributed by atoms with Crippen LogP contribution < -0.4 is 5.73 Å². The Balaban J connectivity index is 4.95. The van der Waals surface area contributed by atoms with Gasteiger partial charge in [-0.15, -0.1) is 11.8 Å². The maximum absolute atomic E-state index is 12.9. The summed E-state index contributed by atoms with van der Waals surface area (Å²) in [7, 11) is -4.93. The number of carbonyl (C=O) groups excluding carboxylic acids is 2. The number of carbonyl (C=O) groups is 3. The van der Waals surface area contributed by atoms with Crippen molar-refractivity contribution in [2.24, 2.45) is 5.73 Å². The molecule has 0 unspecified atom stereocenters. The molecule has 340 valence electrons. The lowest BCUT2D eigenvalue weighted by atomic mass is 10.1. The summed E-state index contributed by atoms with van der Waals surface area (Å²) in [4.78, 5) is 54.7. The van der Waals surface area contributed by atoms with Crippen molar-refractivity contribution in [1.29, 1.82) is 0 Å².